The van der Waals surface area contributed by atoms with Gasteiger partial charge in [-0.1, -0.05) is 6.07 Å². The van der Waals surface area contributed by atoms with Gasteiger partial charge in [-0.3, -0.25) is 4.98 Å². The summed E-state index contributed by atoms with van der Waals surface area (Å²) >= 11 is 0. The maximum atomic E-state index is 12.9. The number of likely N-dealkylation sites (N-methyl/N-ethyl adjacent to an activating group) is 1. The second kappa shape index (κ2) is 6.91. The van der Waals surface area contributed by atoms with Gasteiger partial charge in [0.1, 0.15) is 0 Å². The van der Waals surface area contributed by atoms with Gasteiger partial charge >= 0.3 is 0 Å². The smallest absolute Gasteiger partial charge is 0.225 e. The summed E-state index contributed by atoms with van der Waals surface area (Å²) in [6.07, 6.45) is 5.93. The zero-order chi connectivity index (χ0) is 14.4. The molecule has 0 unspecified atom stereocenters. The summed E-state index contributed by atoms with van der Waals surface area (Å²) in [5, 5.41) is 0. The molecule has 0 fully saturated rings. The molecule has 0 aromatic carbocycles. The Morgan fingerprint density at radius 2 is 1.85 bits per heavy atom. The number of aromatic nitrogens is 3. The van der Waals surface area contributed by atoms with Crippen molar-refractivity contribution >= 4 is 5.95 Å². The second-order valence-corrected chi connectivity index (χ2v) is 4.79. The van der Waals surface area contributed by atoms with Crippen LogP contribution in [0.5, 0.6) is 0 Å². The minimum Gasteiger partial charge on any atom is -0.335 e. The van der Waals surface area contributed by atoms with Crippen LogP contribution in [0.15, 0.2) is 36.9 Å². The van der Waals surface area contributed by atoms with Gasteiger partial charge in [-0.2, -0.15) is 0 Å². The van der Waals surface area contributed by atoms with Gasteiger partial charge in [-0.05, 0) is 25.7 Å². The Balaban J connectivity index is 2.13. The Hall–Kier alpha value is -2.08. The van der Waals surface area contributed by atoms with Crippen LogP contribution in [0.2, 0.25) is 0 Å². The molecule has 0 aliphatic carbocycles. The number of pyridine rings is 1. The SMILES string of the molecule is CN(C)CCN(Cc1cccnc1)c1ncc(F)cn1. The zero-order valence-corrected chi connectivity index (χ0v) is 11.7. The molecule has 0 bridgehead atoms. The molecule has 0 aliphatic rings. The van der Waals surface area contributed by atoms with Crippen molar-refractivity contribution in [1.82, 2.24) is 19.9 Å². The van der Waals surface area contributed by atoms with Crippen LogP contribution in [-0.4, -0.2) is 47.0 Å². The van der Waals surface area contributed by atoms with Crippen molar-refractivity contribution in [2.24, 2.45) is 0 Å². The van der Waals surface area contributed by atoms with Crippen LogP contribution >= 0.6 is 0 Å². The maximum Gasteiger partial charge on any atom is 0.225 e. The number of nitrogens with zero attached hydrogens (tertiary/aromatic N) is 5. The van der Waals surface area contributed by atoms with Crippen LogP contribution in [0.1, 0.15) is 5.56 Å². The lowest BCUT2D eigenvalue weighted by atomic mass is 10.2. The molecule has 106 valence electrons. The molecule has 0 saturated carbocycles. The number of anilines is 1. The molecule has 20 heavy (non-hydrogen) atoms. The molecule has 2 heterocycles. The number of rotatable bonds is 6. The van der Waals surface area contributed by atoms with Crippen molar-refractivity contribution in [2.45, 2.75) is 6.54 Å². The van der Waals surface area contributed by atoms with Crippen LogP contribution in [-0.2, 0) is 6.54 Å². The van der Waals surface area contributed by atoms with Gasteiger partial charge in [-0.25, -0.2) is 14.4 Å². The molecule has 0 radical (unpaired) electrons. The van der Waals surface area contributed by atoms with Crippen molar-refractivity contribution in [1.29, 1.82) is 0 Å². The first-order valence-electron chi connectivity index (χ1n) is 6.41. The van der Waals surface area contributed by atoms with Gasteiger partial charge in [-0.15, -0.1) is 0 Å². The van der Waals surface area contributed by atoms with Gasteiger partial charge in [0.25, 0.3) is 0 Å². The van der Waals surface area contributed by atoms with Crippen LogP contribution in [0.4, 0.5) is 10.3 Å². The molecular formula is C14H18FN5. The first-order chi connectivity index (χ1) is 9.65. The Morgan fingerprint density at radius 3 is 2.45 bits per heavy atom. The topological polar surface area (TPSA) is 45.2 Å². The zero-order valence-electron chi connectivity index (χ0n) is 11.7. The average Bonchev–Trinajstić information content (AvgIpc) is 2.45. The van der Waals surface area contributed by atoms with Crippen molar-refractivity contribution in [3.63, 3.8) is 0 Å². The Labute approximate surface area is 118 Å². The highest BCUT2D eigenvalue weighted by Gasteiger charge is 2.11. The third-order valence-corrected chi connectivity index (χ3v) is 2.80. The lowest BCUT2D eigenvalue weighted by Crippen LogP contribution is -2.32. The first-order valence-corrected chi connectivity index (χ1v) is 6.41. The standard InChI is InChI=1S/C14H18FN5/c1-19(2)6-7-20(11-12-4-3-5-16-8-12)14-17-9-13(15)10-18-14/h3-5,8-10H,6-7,11H2,1-2H3. The van der Waals surface area contributed by atoms with Crippen LogP contribution in [0, 0.1) is 5.82 Å². The van der Waals surface area contributed by atoms with E-state index in [2.05, 4.69) is 19.9 Å². The summed E-state index contributed by atoms with van der Waals surface area (Å²) in [4.78, 5) is 16.3. The summed E-state index contributed by atoms with van der Waals surface area (Å²) < 4.78 is 12.9. The summed E-state index contributed by atoms with van der Waals surface area (Å²) in [7, 11) is 4.02. The Kier molecular flexibility index (Phi) is 4.95. The Bertz CT molecular complexity index is 515. The number of halogens is 1. The highest BCUT2D eigenvalue weighted by molar-refractivity contribution is 5.30. The fourth-order valence-electron chi connectivity index (χ4n) is 1.75. The molecule has 2 rings (SSSR count). The van der Waals surface area contributed by atoms with E-state index in [1.807, 2.05) is 37.3 Å². The minimum absolute atomic E-state index is 0.428. The molecule has 0 amide bonds. The van der Waals surface area contributed by atoms with E-state index in [0.717, 1.165) is 18.7 Å². The molecule has 0 spiro atoms. The lowest BCUT2D eigenvalue weighted by molar-refractivity contribution is 0.411. The van der Waals surface area contributed by atoms with E-state index >= 15 is 0 Å². The van der Waals surface area contributed by atoms with Gasteiger partial charge in [0, 0.05) is 32.0 Å². The fraction of sp³-hybridized carbons (Fsp3) is 0.357. The predicted octanol–water partition coefficient (Wildman–Crippen LogP) is 1.58. The second-order valence-electron chi connectivity index (χ2n) is 4.79. The average molecular weight is 275 g/mol. The van der Waals surface area contributed by atoms with Crippen LogP contribution in [0.3, 0.4) is 0 Å². The largest absolute Gasteiger partial charge is 0.335 e. The molecule has 5 nitrogen and oxygen atoms in total. The monoisotopic (exact) mass is 275 g/mol. The lowest BCUT2D eigenvalue weighted by Gasteiger charge is -2.24. The summed E-state index contributed by atoms with van der Waals surface area (Å²) in [5.74, 6) is 0.0970. The summed E-state index contributed by atoms with van der Waals surface area (Å²) in [6.45, 7) is 2.27. The van der Waals surface area contributed by atoms with E-state index in [0.29, 0.717) is 12.5 Å². The molecule has 6 heteroatoms. The Morgan fingerprint density at radius 1 is 1.10 bits per heavy atom. The summed E-state index contributed by atoms with van der Waals surface area (Å²) in [5.41, 5.74) is 1.07. The van der Waals surface area contributed by atoms with Crippen LogP contribution in [0.25, 0.3) is 0 Å². The minimum atomic E-state index is -0.428. The molecule has 0 N–H and O–H groups in total. The number of hydrogen-bond acceptors (Lipinski definition) is 5. The summed E-state index contributed by atoms with van der Waals surface area (Å²) in [6, 6.07) is 3.89. The maximum absolute atomic E-state index is 12.9. The van der Waals surface area contributed by atoms with Crippen molar-refractivity contribution in [3.05, 3.63) is 48.3 Å². The van der Waals surface area contributed by atoms with E-state index in [1.165, 1.54) is 12.4 Å². The van der Waals surface area contributed by atoms with E-state index in [-0.39, 0.29) is 0 Å². The third-order valence-electron chi connectivity index (χ3n) is 2.80. The van der Waals surface area contributed by atoms with Crippen molar-refractivity contribution in [2.75, 3.05) is 32.1 Å². The molecular weight excluding hydrogens is 257 g/mol. The van der Waals surface area contributed by atoms with Gasteiger partial charge in [0.15, 0.2) is 5.82 Å². The van der Waals surface area contributed by atoms with E-state index < -0.39 is 5.82 Å². The molecule has 2 aromatic rings. The molecule has 0 saturated heterocycles. The highest BCUT2D eigenvalue weighted by Crippen LogP contribution is 2.11. The van der Waals surface area contributed by atoms with Crippen molar-refractivity contribution in [3.8, 4) is 0 Å². The van der Waals surface area contributed by atoms with E-state index in [9.17, 15) is 4.39 Å². The highest BCUT2D eigenvalue weighted by atomic mass is 19.1. The predicted molar refractivity (Wildman–Crippen MR) is 75.8 cm³/mol. The van der Waals surface area contributed by atoms with Gasteiger partial charge in [0.2, 0.25) is 5.95 Å². The van der Waals surface area contributed by atoms with Crippen LogP contribution < -0.4 is 4.90 Å². The van der Waals surface area contributed by atoms with Gasteiger partial charge < -0.3 is 9.80 Å². The normalized spacial score (nSPS) is 10.8. The van der Waals surface area contributed by atoms with Crippen molar-refractivity contribution < 1.29 is 4.39 Å². The molecule has 0 aliphatic heterocycles. The van der Waals surface area contributed by atoms with E-state index in [1.54, 1.807) is 6.20 Å². The quantitative estimate of drug-likeness (QED) is 0.801. The third kappa shape index (κ3) is 4.24. The first kappa shape index (κ1) is 14.3. The number of hydrogen-bond donors (Lipinski definition) is 0. The van der Waals surface area contributed by atoms with Gasteiger partial charge in [0.05, 0.1) is 12.4 Å². The molecule has 0 atom stereocenters. The molecule has 2 aromatic heterocycles. The fourth-order valence-corrected chi connectivity index (χ4v) is 1.75. The van der Waals surface area contributed by atoms with E-state index in [4.69, 9.17) is 0 Å².